The fourth-order valence-corrected chi connectivity index (χ4v) is 9.09. The van der Waals surface area contributed by atoms with Gasteiger partial charge in [-0.15, -0.1) is 0 Å². The fourth-order valence-electron chi connectivity index (χ4n) is 9.09. The molecule has 0 unspecified atom stereocenters. The number of fused-ring (bicyclic) bond motifs is 9. The van der Waals surface area contributed by atoms with Crippen LogP contribution >= 0.6 is 0 Å². The number of pyridine rings is 1. The molecule has 0 spiro atoms. The summed E-state index contributed by atoms with van der Waals surface area (Å²) in [5, 5.41) is 7.53. The molecule has 0 aliphatic heterocycles. The Labute approximate surface area is 311 Å². The van der Waals surface area contributed by atoms with Crippen molar-refractivity contribution in [2.45, 2.75) is 0 Å². The Hall–Kier alpha value is -7.23. The lowest BCUT2D eigenvalue weighted by molar-refractivity contribution is 1.18. The first-order valence-corrected chi connectivity index (χ1v) is 18.5. The van der Waals surface area contributed by atoms with E-state index in [1.165, 1.54) is 99.0 Å². The summed E-state index contributed by atoms with van der Waals surface area (Å²) in [4.78, 5) is 4.84. The maximum atomic E-state index is 4.84. The van der Waals surface area contributed by atoms with E-state index in [0.717, 1.165) is 11.4 Å². The van der Waals surface area contributed by atoms with Crippen LogP contribution in [0, 0.1) is 0 Å². The van der Waals surface area contributed by atoms with Gasteiger partial charge < -0.3 is 9.13 Å². The summed E-state index contributed by atoms with van der Waals surface area (Å²) >= 11 is 0. The quantitative estimate of drug-likeness (QED) is 0.181. The Bertz CT molecular complexity index is 3310. The van der Waals surface area contributed by atoms with Gasteiger partial charge in [-0.25, -0.2) is 0 Å². The minimum atomic E-state index is 1.07. The lowest BCUT2D eigenvalue weighted by atomic mass is 9.96. The van der Waals surface area contributed by atoms with E-state index in [-0.39, 0.29) is 0 Å². The monoisotopic (exact) mass is 685 g/mol. The van der Waals surface area contributed by atoms with Gasteiger partial charge in [0.1, 0.15) is 0 Å². The Morgan fingerprint density at radius 3 is 1.67 bits per heavy atom. The minimum Gasteiger partial charge on any atom is -0.309 e. The first-order chi connectivity index (χ1) is 26.8. The maximum Gasteiger partial charge on any atom is 0.0787 e. The normalized spacial score (nSPS) is 12.1. The topological polar surface area (TPSA) is 22.8 Å². The first kappa shape index (κ1) is 29.4. The standard InChI is InChI=1S/C51H31N3/c1-3-12-37(13-4-1)53-46-19-8-7-16-39(46)43-28-32(21-24-47(43)53)33-22-25-48-44(29-33)40-23-20-34(31-49(40)54(48)38-14-5-2-6-15-38)36-27-35-11-9-17-41-42-18-10-26-52-51(42)45(30-36)50(35)41/h1-31H. The van der Waals surface area contributed by atoms with Crippen LogP contribution in [0.4, 0.5) is 0 Å². The third-order valence-corrected chi connectivity index (χ3v) is 11.5. The Balaban J connectivity index is 1.05. The summed E-state index contributed by atoms with van der Waals surface area (Å²) in [7, 11) is 0. The molecule has 0 amide bonds. The van der Waals surface area contributed by atoms with Gasteiger partial charge in [0.25, 0.3) is 0 Å². The molecule has 3 aromatic heterocycles. The van der Waals surface area contributed by atoms with Crippen LogP contribution < -0.4 is 0 Å². The third-order valence-electron chi connectivity index (χ3n) is 11.5. The van der Waals surface area contributed by atoms with Crippen LogP contribution in [0.15, 0.2) is 188 Å². The zero-order valence-electron chi connectivity index (χ0n) is 29.2. The first-order valence-electron chi connectivity index (χ1n) is 18.5. The van der Waals surface area contributed by atoms with Crippen molar-refractivity contribution in [3.63, 3.8) is 0 Å². The van der Waals surface area contributed by atoms with Crippen LogP contribution in [-0.2, 0) is 0 Å². The molecule has 250 valence electrons. The number of hydrogen-bond acceptors (Lipinski definition) is 1. The van der Waals surface area contributed by atoms with Crippen LogP contribution in [0.3, 0.4) is 0 Å². The molecule has 12 rings (SSSR count). The second kappa shape index (κ2) is 11.1. The summed E-state index contributed by atoms with van der Waals surface area (Å²) in [5.41, 5.74) is 16.7. The molecule has 1 aliphatic rings. The molecule has 3 nitrogen and oxygen atoms in total. The molecule has 54 heavy (non-hydrogen) atoms. The second-order valence-electron chi connectivity index (χ2n) is 14.4. The molecule has 3 heteroatoms. The van der Waals surface area contributed by atoms with Gasteiger partial charge in [-0.2, -0.15) is 0 Å². The smallest absolute Gasteiger partial charge is 0.0787 e. The Morgan fingerprint density at radius 1 is 0.333 bits per heavy atom. The Morgan fingerprint density at radius 2 is 0.926 bits per heavy atom. The van der Waals surface area contributed by atoms with Crippen molar-refractivity contribution in [1.82, 2.24) is 14.1 Å². The van der Waals surface area contributed by atoms with E-state index < -0.39 is 0 Å². The number of hydrogen-bond donors (Lipinski definition) is 0. The van der Waals surface area contributed by atoms with Crippen molar-refractivity contribution >= 4 is 54.4 Å². The summed E-state index contributed by atoms with van der Waals surface area (Å²) in [6.07, 6.45) is 1.91. The molecule has 0 fully saturated rings. The van der Waals surface area contributed by atoms with Crippen molar-refractivity contribution < 1.29 is 0 Å². The van der Waals surface area contributed by atoms with Gasteiger partial charge in [0.15, 0.2) is 0 Å². The summed E-state index contributed by atoms with van der Waals surface area (Å²) in [5.74, 6) is 0. The van der Waals surface area contributed by atoms with Crippen molar-refractivity contribution in [2.75, 3.05) is 0 Å². The number of nitrogens with zero attached hydrogens (tertiary/aromatic N) is 3. The predicted octanol–water partition coefficient (Wildman–Crippen LogP) is 13.4. The van der Waals surface area contributed by atoms with E-state index in [9.17, 15) is 0 Å². The van der Waals surface area contributed by atoms with Gasteiger partial charge in [-0.05, 0) is 117 Å². The fraction of sp³-hybridized carbons (Fsp3) is 0. The molecule has 3 heterocycles. The molecule has 11 aromatic rings. The highest BCUT2D eigenvalue weighted by atomic mass is 15.0. The average molecular weight is 686 g/mol. The predicted molar refractivity (Wildman–Crippen MR) is 226 cm³/mol. The summed E-state index contributed by atoms with van der Waals surface area (Å²) in [6.45, 7) is 0. The highest BCUT2D eigenvalue weighted by molar-refractivity contribution is 6.17. The van der Waals surface area contributed by atoms with Crippen molar-refractivity contribution in [3.8, 4) is 56.0 Å². The molecular weight excluding hydrogens is 655 g/mol. The van der Waals surface area contributed by atoms with Crippen LogP contribution in [0.1, 0.15) is 0 Å². The van der Waals surface area contributed by atoms with Gasteiger partial charge in [0.05, 0.1) is 27.8 Å². The van der Waals surface area contributed by atoms with Crippen LogP contribution in [0.5, 0.6) is 0 Å². The molecule has 0 atom stereocenters. The third kappa shape index (κ3) is 4.15. The lowest BCUT2D eigenvalue weighted by Gasteiger charge is -2.11. The molecule has 8 aromatic carbocycles. The van der Waals surface area contributed by atoms with E-state index in [0.29, 0.717) is 0 Å². The van der Waals surface area contributed by atoms with E-state index in [1.54, 1.807) is 0 Å². The minimum absolute atomic E-state index is 1.07. The second-order valence-corrected chi connectivity index (χ2v) is 14.4. The number of aromatic nitrogens is 3. The molecular formula is C51H31N3. The molecule has 0 bridgehead atoms. The zero-order chi connectivity index (χ0) is 35.3. The summed E-state index contributed by atoms with van der Waals surface area (Å²) < 4.78 is 4.80. The molecule has 0 radical (unpaired) electrons. The van der Waals surface area contributed by atoms with Crippen molar-refractivity contribution in [2.24, 2.45) is 0 Å². The van der Waals surface area contributed by atoms with Gasteiger partial charge in [0, 0.05) is 50.2 Å². The SMILES string of the molecule is c1ccc(-n2c3ccccc3c3cc(-c4ccc5c(c4)c4ccc(-c6cc7c8c(cccc8c6)-c6cccnc6-7)cc4n5-c4ccccc4)ccc32)cc1. The zero-order valence-corrected chi connectivity index (χ0v) is 29.2. The number of para-hydroxylation sites is 3. The largest absolute Gasteiger partial charge is 0.309 e. The number of rotatable bonds is 4. The van der Waals surface area contributed by atoms with Crippen LogP contribution in [0.25, 0.3) is 110 Å². The summed E-state index contributed by atoms with van der Waals surface area (Å²) in [6, 6.07) is 66.6. The van der Waals surface area contributed by atoms with Gasteiger partial charge in [0.2, 0.25) is 0 Å². The van der Waals surface area contributed by atoms with Gasteiger partial charge in [-0.1, -0.05) is 103 Å². The molecule has 0 saturated heterocycles. The lowest BCUT2D eigenvalue weighted by Crippen LogP contribution is -1.93. The van der Waals surface area contributed by atoms with Crippen LogP contribution in [-0.4, -0.2) is 14.1 Å². The van der Waals surface area contributed by atoms with Crippen LogP contribution in [0.2, 0.25) is 0 Å². The Kier molecular flexibility index (Phi) is 6.05. The maximum absolute atomic E-state index is 4.84. The van der Waals surface area contributed by atoms with E-state index in [1.807, 2.05) is 12.3 Å². The molecule has 1 aliphatic carbocycles. The highest BCUT2D eigenvalue weighted by Gasteiger charge is 2.23. The average Bonchev–Trinajstić information content (AvgIpc) is 3.87. The van der Waals surface area contributed by atoms with Gasteiger partial charge >= 0.3 is 0 Å². The van der Waals surface area contributed by atoms with E-state index in [4.69, 9.17) is 4.98 Å². The van der Waals surface area contributed by atoms with E-state index >= 15 is 0 Å². The van der Waals surface area contributed by atoms with Crippen molar-refractivity contribution in [1.29, 1.82) is 0 Å². The van der Waals surface area contributed by atoms with E-state index in [2.05, 4.69) is 185 Å². The molecule has 0 N–H and O–H groups in total. The van der Waals surface area contributed by atoms with Gasteiger partial charge in [-0.3, -0.25) is 4.98 Å². The highest BCUT2D eigenvalue weighted by Crippen LogP contribution is 2.48. The molecule has 0 saturated carbocycles. The number of benzene rings is 8. The van der Waals surface area contributed by atoms with Crippen molar-refractivity contribution in [3.05, 3.63) is 188 Å².